The van der Waals surface area contributed by atoms with Crippen molar-refractivity contribution in [1.29, 1.82) is 5.26 Å². The lowest BCUT2D eigenvalue weighted by Gasteiger charge is -2.16. The fourth-order valence-electron chi connectivity index (χ4n) is 2.03. The molecule has 1 aliphatic rings. The summed E-state index contributed by atoms with van der Waals surface area (Å²) in [5, 5.41) is 14.0. The third-order valence-electron chi connectivity index (χ3n) is 3.30. The number of halogens is 1. The fourth-order valence-corrected chi connectivity index (χ4v) is 2.25. The lowest BCUT2D eigenvalue weighted by atomic mass is 10.2. The Kier molecular flexibility index (Phi) is 5.19. The molecule has 2 atom stereocenters. The number of nitriles is 1. The molecule has 0 aromatic heterocycles. The highest BCUT2D eigenvalue weighted by molar-refractivity contribution is 6.32. The maximum absolute atomic E-state index is 12.0. The first kappa shape index (κ1) is 16.8. The van der Waals surface area contributed by atoms with Crippen LogP contribution >= 0.6 is 11.6 Å². The number of hydrogen-bond donors (Lipinski definition) is 2. The second kappa shape index (κ2) is 7.11. The molecule has 0 aliphatic carbocycles. The number of esters is 1. The average Bonchev–Trinajstić information content (AvgIpc) is 2.94. The fraction of sp³-hybridized carbons (Fsp3) is 0.333. The quantitative estimate of drug-likeness (QED) is 0.808. The number of hydrogen-bond acceptors (Lipinski definition) is 5. The van der Waals surface area contributed by atoms with Gasteiger partial charge in [0.05, 0.1) is 10.6 Å². The molecule has 0 bridgehead atoms. The Hall–Kier alpha value is -2.59. The van der Waals surface area contributed by atoms with Crippen molar-refractivity contribution in [2.24, 2.45) is 0 Å². The summed E-state index contributed by atoms with van der Waals surface area (Å²) in [5.41, 5.74) is 0.678. The Morgan fingerprint density at radius 3 is 2.83 bits per heavy atom. The Balaban J connectivity index is 1.92. The normalized spacial score (nSPS) is 17.8. The van der Waals surface area contributed by atoms with Gasteiger partial charge in [0.2, 0.25) is 5.91 Å². The highest BCUT2D eigenvalue weighted by Crippen LogP contribution is 2.20. The number of carbonyl (C=O) groups is 3. The van der Waals surface area contributed by atoms with Gasteiger partial charge >= 0.3 is 5.97 Å². The summed E-state index contributed by atoms with van der Waals surface area (Å²) in [6.07, 6.45) is -0.407. The Morgan fingerprint density at radius 2 is 2.26 bits per heavy atom. The molecule has 0 unspecified atom stereocenters. The molecule has 0 saturated carbocycles. The van der Waals surface area contributed by atoms with E-state index in [0.717, 1.165) is 0 Å². The minimum absolute atomic E-state index is 0.212. The number of nitrogens with one attached hydrogen (secondary N) is 2. The molecule has 1 heterocycles. The van der Waals surface area contributed by atoms with Crippen LogP contribution in [0.15, 0.2) is 18.2 Å². The summed E-state index contributed by atoms with van der Waals surface area (Å²) >= 11 is 5.88. The number of carbonyl (C=O) groups excluding carboxylic acids is 3. The highest BCUT2D eigenvalue weighted by Gasteiger charge is 2.30. The molecule has 2 amide bonds. The Morgan fingerprint density at radius 1 is 1.52 bits per heavy atom. The molecule has 2 rings (SSSR count). The van der Waals surface area contributed by atoms with Gasteiger partial charge in [-0.05, 0) is 31.5 Å². The van der Waals surface area contributed by atoms with Gasteiger partial charge in [-0.1, -0.05) is 11.6 Å². The molecule has 23 heavy (non-hydrogen) atoms. The van der Waals surface area contributed by atoms with Crippen molar-refractivity contribution in [1.82, 2.24) is 5.32 Å². The van der Waals surface area contributed by atoms with Gasteiger partial charge < -0.3 is 15.4 Å². The summed E-state index contributed by atoms with van der Waals surface area (Å²) in [5.74, 6) is -1.39. The van der Waals surface area contributed by atoms with E-state index in [0.29, 0.717) is 17.7 Å². The van der Waals surface area contributed by atoms with Crippen LogP contribution < -0.4 is 10.6 Å². The van der Waals surface area contributed by atoms with Crippen LogP contribution in [0.3, 0.4) is 0 Å². The van der Waals surface area contributed by atoms with Crippen LogP contribution in [-0.2, 0) is 19.1 Å². The zero-order valence-corrected chi connectivity index (χ0v) is 13.0. The lowest BCUT2D eigenvalue weighted by molar-refractivity contribution is -0.155. The second-order valence-corrected chi connectivity index (χ2v) is 5.44. The topological polar surface area (TPSA) is 108 Å². The number of benzene rings is 1. The van der Waals surface area contributed by atoms with Crippen LogP contribution in [0.1, 0.15) is 25.3 Å². The monoisotopic (exact) mass is 335 g/mol. The van der Waals surface area contributed by atoms with Gasteiger partial charge in [0, 0.05) is 12.1 Å². The van der Waals surface area contributed by atoms with Gasteiger partial charge in [-0.2, -0.15) is 5.26 Å². The lowest BCUT2D eigenvalue weighted by Crippen LogP contribution is -2.39. The third kappa shape index (κ3) is 4.20. The summed E-state index contributed by atoms with van der Waals surface area (Å²) < 4.78 is 5.04. The van der Waals surface area contributed by atoms with E-state index in [4.69, 9.17) is 21.6 Å². The SMILES string of the molecule is C[C@H](OC(=O)[C@H]1CCC(=O)N1)C(=O)Nc1ccc(C#N)c(Cl)c1. The van der Waals surface area contributed by atoms with Gasteiger partial charge in [0.15, 0.2) is 6.10 Å². The molecule has 1 aliphatic heterocycles. The van der Waals surface area contributed by atoms with E-state index in [1.165, 1.54) is 25.1 Å². The van der Waals surface area contributed by atoms with Crippen molar-refractivity contribution in [2.45, 2.75) is 31.9 Å². The first-order chi connectivity index (χ1) is 10.9. The van der Waals surface area contributed by atoms with Gasteiger partial charge in [0.1, 0.15) is 12.1 Å². The van der Waals surface area contributed by atoms with Crippen LogP contribution in [0.5, 0.6) is 0 Å². The molecular weight excluding hydrogens is 322 g/mol. The zero-order valence-electron chi connectivity index (χ0n) is 12.3. The molecular formula is C15H14ClN3O4. The van der Waals surface area contributed by atoms with Crippen LogP contribution in [0, 0.1) is 11.3 Å². The molecule has 1 aromatic rings. The van der Waals surface area contributed by atoms with Gasteiger partial charge in [0.25, 0.3) is 5.91 Å². The van der Waals surface area contributed by atoms with Crippen LogP contribution in [-0.4, -0.2) is 29.9 Å². The number of ether oxygens (including phenoxy) is 1. The van der Waals surface area contributed by atoms with Crippen molar-refractivity contribution in [3.63, 3.8) is 0 Å². The Bertz CT molecular complexity index is 698. The minimum Gasteiger partial charge on any atom is -0.451 e. The largest absolute Gasteiger partial charge is 0.451 e. The van der Waals surface area contributed by atoms with Crippen molar-refractivity contribution in [3.8, 4) is 6.07 Å². The number of amides is 2. The number of rotatable bonds is 4. The standard InChI is InChI=1S/C15H14ClN3O4/c1-8(23-15(22)12-4-5-13(20)19-12)14(21)18-10-3-2-9(7-17)11(16)6-10/h2-3,6,8,12H,4-5H2,1H3,(H,18,21)(H,19,20)/t8-,12+/m0/s1. The van der Waals surface area contributed by atoms with E-state index in [-0.39, 0.29) is 17.4 Å². The molecule has 1 saturated heterocycles. The highest BCUT2D eigenvalue weighted by atomic mass is 35.5. The molecule has 1 fully saturated rings. The van der Waals surface area contributed by atoms with Gasteiger partial charge in [-0.15, -0.1) is 0 Å². The average molecular weight is 336 g/mol. The maximum Gasteiger partial charge on any atom is 0.329 e. The van der Waals surface area contributed by atoms with Crippen LogP contribution in [0.2, 0.25) is 5.02 Å². The van der Waals surface area contributed by atoms with E-state index in [9.17, 15) is 14.4 Å². The van der Waals surface area contributed by atoms with Gasteiger partial charge in [-0.25, -0.2) is 4.79 Å². The summed E-state index contributed by atoms with van der Waals surface area (Å²) in [4.78, 5) is 34.9. The zero-order chi connectivity index (χ0) is 17.0. The smallest absolute Gasteiger partial charge is 0.329 e. The molecule has 8 heteroatoms. The first-order valence-corrected chi connectivity index (χ1v) is 7.29. The van der Waals surface area contributed by atoms with E-state index < -0.39 is 24.0 Å². The van der Waals surface area contributed by atoms with Crippen molar-refractivity contribution < 1.29 is 19.1 Å². The van der Waals surface area contributed by atoms with Crippen LogP contribution in [0.25, 0.3) is 0 Å². The predicted octanol–water partition coefficient (Wildman–Crippen LogP) is 1.36. The summed E-state index contributed by atoms with van der Waals surface area (Å²) in [7, 11) is 0. The predicted molar refractivity (Wildman–Crippen MR) is 81.5 cm³/mol. The summed E-state index contributed by atoms with van der Waals surface area (Å²) in [6, 6.07) is 5.64. The van der Waals surface area contributed by atoms with E-state index >= 15 is 0 Å². The first-order valence-electron chi connectivity index (χ1n) is 6.91. The van der Waals surface area contributed by atoms with Crippen molar-refractivity contribution >= 4 is 35.1 Å². The number of anilines is 1. The van der Waals surface area contributed by atoms with E-state index in [1.807, 2.05) is 6.07 Å². The Labute approximate surface area is 137 Å². The molecule has 1 aromatic carbocycles. The van der Waals surface area contributed by atoms with Crippen molar-refractivity contribution in [2.75, 3.05) is 5.32 Å². The molecule has 7 nitrogen and oxygen atoms in total. The van der Waals surface area contributed by atoms with E-state index in [2.05, 4.69) is 10.6 Å². The molecule has 120 valence electrons. The molecule has 0 radical (unpaired) electrons. The van der Waals surface area contributed by atoms with Gasteiger partial charge in [-0.3, -0.25) is 9.59 Å². The second-order valence-electron chi connectivity index (χ2n) is 5.03. The summed E-state index contributed by atoms with van der Waals surface area (Å²) in [6.45, 7) is 1.43. The van der Waals surface area contributed by atoms with E-state index in [1.54, 1.807) is 0 Å². The third-order valence-corrected chi connectivity index (χ3v) is 3.61. The maximum atomic E-state index is 12.0. The van der Waals surface area contributed by atoms with Crippen LogP contribution in [0.4, 0.5) is 5.69 Å². The molecule has 2 N–H and O–H groups in total. The minimum atomic E-state index is -1.03. The molecule has 0 spiro atoms. The number of nitrogens with zero attached hydrogens (tertiary/aromatic N) is 1. The van der Waals surface area contributed by atoms with Crippen molar-refractivity contribution in [3.05, 3.63) is 28.8 Å².